The van der Waals surface area contributed by atoms with E-state index in [1.807, 2.05) is 12.4 Å². The molecule has 7 aromatic rings. The number of hydrogen-bond acceptors (Lipinski definition) is 2. The molecule has 1 aliphatic heterocycles. The van der Waals surface area contributed by atoms with Crippen LogP contribution < -0.4 is 0 Å². The third-order valence-electron chi connectivity index (χ3n) is 7.22. The van der Waals surface area contributed by atoms with Crippen molar-refractivity contribution in [2.45, 2.75) is 0 Å². The molecular formula is C32H19N3. The van der Waals surface area contributed by atoms with E-state index in [2.05, 4.69) is 113 Å². The molecule has 3 aromatic heterocycles. The molecular weight excluding hydrogens is 426 g/mol. The van der Waals surface area contributed by atoms with Gasteiger partial charge in [0.25, 0.3) is 0 Å². The molecule has 3 nitrogen and oxygen atoms in total. The zero-order valence-electron chi connectivity index (χ0n) is 18.8. The number of nitrogens with zero attached hydrogens (tertiary/aromatic N) is 3. The molecule has 0 bridgehead atoms. The lowest BCUT2D eigenvalue weighted by atomic mass is 9.91. The first-order chi connectivity index (χ1) is 17.4. The zero-order chi connectivity index (χ0) is 22.9. The highest BCUT2D eigenvalue weighted by Gasteiger charge is 2.27. The van der Waals surface area contributed by atoms with E-state index in [1.165, 1.54) is 44.1 Å². The highest BCUT2D eigenvalue weighted by molar-refractivity contribution is 6.21. The molecule has 0 atom stereocenters. The summed E-state index contributed by atoms with van der Waals surface area (Å²) in [6.07, 6.45) is 3.87. The van der Waals surface area contributed by atoms with Crippen LogP contribution in [0, 0.1) is 0 Å². The van der Waals surface area contributed by atoms with Crippen LogP contribution >= 0.6 is 0 Å². The van der Waals surface area contributed by atoms with Crippen molar-refractivity contribution >= 4 is 32.7 Å². The highest BCUT2D eigenvalue weighted by Crippen LogP contribution is 2.48. The van der Waals surface area contributed by atoms with Gasteiger partial charge in [-0.15, -0.1) is 0 Å². The molecule has 4 heterocycles. The Morgan fingerprint density at radius 1 is 0.600 bits per heavy atom. The fraction of sp³-hybridized carbons (Fsp3) is 0. The SMILES string of the molecule is c1ccc(-c2ccc3c4c2c2ccncc2n4-c2nc4ccccc4cc2-c2ccccc2-3)cc1. The fourth-order valence-electron chi connectivity index (χ4n) is 5.72. The van der Waals surface area contributed by atoms with Crippen molar-refractivity contribution in [3.63, 3.8) is 0 Å². The molecule has 0 radical (unpaired) electrons. The van der Waals surface area contributed by atoms with Gasteiger partial charge in [0.2, 0.25) is 0 Å². The lowest BCUT2D eigenvalue weighted by Crippen LogP contribution is -2.00. The molecule has 35 heavy (non-hydrogen) atoms. The predicted octanol–water partition coefficient (Wildman–Crippen LogP) is 8.04. The van der Waals surface area contributed by atoms with Gasteiger partial charge in [0.1, 0.15) is 5.82 Å². The average Bonchev–Trinajstić information content (AvgIpc) is 3.22. The Bertz CT molecular complexity index is 1950. The van der Waals surface area contributed by atoms with E-state index in [1.54, 1.807) is 0 Å². The second-order valence-corrected chi connectivity index (χ2v) is 9.08. The van der Waals surface area contributed by atoms with Crippen LogP contribution in [0.3, 0.4) is 0 Å². The number of benzene rings is 4. The number of rotatable bonds is 1. The molecule has 0 amide bonds. The second-order valence-electron chi connectivity index (χ2n) is 9.08. The molecule has 0 aliphatic carbocycles. The summed E-state index contributed by atoms with van der Waals surface area (Å²) in [7, 11) is 0. The minimum atomic E-state index is 0.952. The first-order valence-electron chi connectivity index (χ1n) is 11.8. The van der Waals surface area contributed by atoms with E-state index in [-0.39, 0.29) is 0 Å². The maximum atomic E-state index is 5.26. The minimum Gasteiger partial charge on any atom is -0.291 e. The molecule has 0 N–H and O–H groups in total. The number of aromatic nitrogens is 3. The Morgan fingerprint density at radius 2 is 1.34 bits per heavy atom. The van der Waals surface area contributed by atoms with Gasteiger partial charge < -0.3 is 0 Å². The molecule has 8 rings (SSSR count). The zero-order valence-corrected chi connectivity index (χ0v) is 18.8. The van der Waals surface area contributed by atoms with E-state index in [0.29, 0.717) is 0 Å². The Balaban J connectivity index is 1.66. The first kappa shape index (κ1) is 18.6. The molecule has 3 heteroatoms. The molecule has 0 spiro atoms. The monoisotopic (exact) mass is 445 g/mol. The molecule has 0 saturated heterocycles. The van der Waals surface area contributed by atoms with Crippen LogP contribution in [0.15, 0.2) is 116 Å². The van der Waals surface area contributed by atoms with Gasteiger partial charge in [0.05, 0.1) is 22.7 Å². The van der Waals surface area contributed by atoms with Crippen molar-refractivity contribution in [2.75, 3.05) is 0 Å². The Morgan fingerprint density at radius 3 is 2.23 bits per heavy atom. The number of para-hydroxylation sites is 1. The van der Waals surface area contributed by atoms with E-state index < -0.39 is 0 Å². The van der Waals surface area contributed by atoms with Crippen LogP contribution in [0.2, 0.25) is 0 Å². The smallest absolute Gasteiger partial charge is 0.146 e. The summed E-state index contributed by atoms with van der Waals surface area (Å²) in [4.78, 5) is 9.80. The molecule has 0 saturated carbocycles. The average molecular weight is 446 g/mol. The third-order valence-corrected chi connectivity index (χ3v) is 7.22. The topological polar surface area (TPSA) is 30.7 Å². The van der Waals surface area contributed by atoms with Crippen LogP contribution in [0.25, 0.3) is 71.9 Å². The van der Waals surface area contributed by atoms with Gasteiger partial charge in [-0.3, -0.25) is 9.55 Å². The second kappa shape index (κ2) is 6.87. The van der Waals surface area contributed by atoms with Gasteiger partial charge in [0.15, 0.2) is 0 Å². The summed E-state index contributed by atoms with van der Waals surface area (Å²) < 4.78 is 2.33. The minimum absolute atomic E-state index is 0.952. The highest BCUT2D eigenvalue weighted by atomic mass is 15.1. The Labute approximate surface area is 202 Å². The van der Waals surface area contributed by atoms with Crippen molar-refractivity contribution in [2.24, 2.45) is 0 Å². The normalized spacial score (nSPS) is 12.0. The van der Waals surface area contributed by atoms with Crippen LogP contribution in [0.1, 0.15) is 0 Å². The number of pyridine rings is 2. The van der Waals surface area contributed by atoms with E-state index >= 15 is 0 Å². The number of hydrogen-bond donors (Lipinski definition) is 0. The summed E-state index contributed by atoms with van der Waals surface area (Å²) in [5, 5.41) is 3.57. The van der Waals surface area contributed by atoms with Crippen LogP contribution in [-0.2, 0) is 0 Å². The van der Waals surface area contributed by atoms with E-state index in [9.17, 15) is 0 Å². The summed E-state index contributed by atoms with van der Waals surface area (Å²) in [6, 6.07) is 36.7. The fourth-order valence-corrected chi connectivity index (χ4v) is 5.72. The summed E-state index contributed by atoms with van der Waals surface area (Å²) in [6.45, 7) is 0. The maximum absolute atomic E-state index is 5.26. The lowest BCUT2D eigenvalue weighted by Gasteiger charge is -2.12. The molecule has 0 fully saturated rings. The predicted molar refractivity (Wildman–Crippen MR) is 144 cm³/mol. The maximum Gasteiger partial charge on any atom is 0.146 e. The van der Waals surface area contributed by atoms with Gasteiger partial charge in [-0.05, 0) is 40.5 Å². The summed E-state index contributed by atoms with van der Waals surface area (Å²) in [5.41, 5.74) is 10.5. The van der Waals surface area contributed by atoms with Crippen LogP contribution in [0.4, 0.5) is 0 Å². The molecule has 4 aromatic carbocycles. The number of fused-ring (bicyclic) bond motifs is 9. The Kier molecular flexibility index (Phi) is 3.66. The van der Waals surface area contributed by atoms with Crippen LogP contribution in [0.5, 0.6) is 0 Å². The largest absolute Gasteiger partial charge is 0.291 e. The standard InChI is InChI=1S/C32H19N3/c1-2-8-20(9-3-1)22-14-15-25-23-11-5-6-12-24(23)27-18-21-10-4-7-13-28(21)34-32(27)35-29-19-33-17-16-26(29)30(22)31(25)35/h1-19H. The van der Waals surface area contributed by atoms with Crippen molar-refractivity contribution in [1.29, 1.82) is 0 Å². The van der Waals surface area contributed by atoms with Gasteiger partial charge >= 0.3 is 0 Å². The van der Waals surface area contributed by atoms with Gasteiger partial charge in [-0.1, -0.05) is 84.9 Å². The van der Waals surface area contributed by atoms with Gasteiger partial charge in [-0.2, -0.15) is 0 Å². The van der Waals surface area contributed by atoms with Crippen molar-refractivity contribution in [3.05, 3.63) is 116 Å². The molecule has 162 valence electrons. The third kappa shape index (κ3) is 2.50. The first-order valence-corrected chi connectivity index (χ1v) is 11.8. The van der Waals surface area contributed by atoms with E-state index in [4.69, 9.17) is 4.98 Å². The van der Waals surface area contributed by atoms with Crippen LogP contribution in [-0.4, -0.2) is 14.5 Å². The molecule has 0 unspecified atom stereocenters. The van der Waals surface area contributed by atoms with Gasteiger partial charge in [0, 0.05) is 33.5 Å². The van der Waals surface area contributed by atoms with Crippen molar-refractivity contribution in [1.82, 2.24) is 14.5 Å². The summed E-state index contributed by atoms with van der Waals surface area (Å²) >= 11 is 0. The van der Waals surface area contributed by atoms with Crippen molar-refractivity contribution < 1.29 is 0 Å². The van der Waals surface area contributed by atoms with E-state index in [0.717, 1.165) is 27.8 Å². The quantitative estimate of drug-likeness (QED) is 0.256. The molecule has 1 aliphatic rings. The Hall–Kier alpha value is -4.76. The lowest BCUT2D eigenvalue weighted by molar-refractivity contribution is 1.10. The summed E-state index contributed by atoms with van der Waals surface area (Å²) in [5.74, 6) is 0.952. The van der Waals surface area contributed by atoms with Gasteiger partial charge in [-0.25, -0.2) is 4.98 Å². The van der Waals surface area contributed by atoms with Crippen molar-refractivity contribution in [3.8, 4) is 39.2 Å².